The summed E-state index contributed by atoms with van der Waals surface area (Å²) < 4.78 is 26.1. The van der Waals surface area contributed by atoms with Crippen LogP contribution in [-0.4, -0.2) is 15.1 Å². The number of hydrogen-bond donors (Lipinski definition) is 2. The molecule has 1 aromatic heterocycles. The normalized spacial score (nSPS) is 10.6. The standard InChI is InChI=1S/C12H11F2N3O/c13-10-3-8(4-11(14)12(10)18)5-16-6-9-1-2-15-7-17-9/h1-4,7,16,18H,5-6H2. The Hall–Kier alpha value is -2.08. The molecule has 0 bridgehead atoms. The number of benzene rings is 1. The van der Waals surface area contributed by atoms with Crippen LogP contribution in [0.2, 0.25) is 0 Å². The minimum absolute atomic E-state index is 0.276. The van der Waals surface area contributed by atoms with Gasteiger partial charge in [0.05, 0.1) is 5.69 Å². The second kappa shape index (κ2) is 5.50. The molecule has 0 aliphatic rings. The van der Waals surface area contributed by atoms with Crippen LogP contribution in [0.15, 0.2) is 30.7 Å². The smallest absolute Gasteiger partial charge is 0.187 e. The van der Waals surface area contributed by atoms with E-state index in [9.17, 15) is 8.78 Å². The lowest BCUT2D eigenvalue weighted by molar-refractivity contribution is 0.395. The Morgan fingerprint density at radius 3 is 2.50 bits per heavy atom. The highest BCUT2D eigenvalue weighted by molar-refractivity contribution is 5.29. The number of aromatic nitrogens is 2. The van der Waals surface area contributed by atoms with Crippen molar-refractivity contribution in [1.29, 1.82) is 0 Å². The monoisotopic (exact) mass is 251 g/mol. The fourth-order valence-electron chi connectivity index (χ4n) is 1.48. The van der Waals surface area contributed by atoms with Crippen molar-refractivity contribution < 1.29 is 13.9 Å². The molecular formula is C12H11F2N3O. The second-order valence-electron chi connectivity index (χ2n) is 3.71. The molecular weight excluding hydrogens is 240 g/mol. The average Bonchev–Trinajstić information content (AvgIpc) is 2.37. The number of nitrogens with zero attached hydrogens (tertiary/aromatic N) is 2. The van der Waals surface area contributed by atoms with Gasteiger partial charge in [0, 0.05) is 19.3 Å². The molecule has 0 aliphatic carbocycles. The fourth-order valence-corrected chi connectivity index (χ4v) is 1.48. The van der Waals surface area contributed by atoms with Gasteiger partial charge in [-0.3, -0.25) is 0 Å². The Morgan fingerprint density at radius 1 is 1.17 bits per heavy atom. The Labute approximate surface area is 102 Å². The lowest BCUT2D eigenvalue weighted by Crippen LogP contribution is -2.14. The van der Waals surface area contributed by atoms with E-state index in [1.807, 2.05) is 0 Å². The van der Waals surface area contributed by atoms with Crippen molar-refractivity contribution in [3.05, 3.63) is 53.6 Å². The van der Waals surface area contributed by atoms with Gasteiger partial charge in [0.2, 0.25) is 0 Å². The first-order chi connectivity index (χ1) is 8.66. The van der Waals surface area contributed by atoms with E-state index in [1.165, 1.54) is 6.33 Å². The summed E-state index contributed by atoms with van der Waals surface area (Å²) in [6, 6.07) is 3.92. The molecule has 2 aromatic rings. The van der Waals surface area contributed by atoms with Gasteiger partial charge in [0.15, 0.2) is 17.4 Å². The number of nitrogens with one attached hydrogen (secondary N) is 1. The molecule has 1 heterocycles. The Kier molecular flexibility index (Phi) is 3.78. The Morgan fingerprint density at radius 2 is 1.89 bits per heavy atom. The molecule has 4 nitrogen and oxygen atoms in total. The number of halogens is 2. The van der Waals surface area contributed by atoms with E-state index < -0.39 is 17.4 Å². The van der Waals surface area contributed by atoms with Crippen LogP contribution in [0.5, 0.6) is 5.75 Å². The van der Waals surface area contributed by atoms with Crippen LogP contribution in [-0.2, 0) is 13.1 Å². The van der Waals surface area contributed by atoms with Crippen LogP contribution >= 0.6 is 0 Å². The third kappa shape index (κ3) is 2.98. The van der Waals surface area contributed by atoms with Crippen LogP contribution in [0.4, 0.5) is 8.78 Å². The maximum atomic E-state index is 13.1. The van der Waals surface area contributed by atoms with Crippen LogP contribution in [0.3, 0.4) is 0 Å². The number of phenols is 1. The maximum absolute atomic E-state index is 13.1. The molecule has 0 fully saturated rings. The summed E-state index contributed by atoms with van der Waals surface area (Å²) in [5.74, 6) is -2.88. The van der Waals surface area contributed by atoms with Crippen LogP contribution in [0.1, 0.15) is 11.3 Å². The third-order valence-corrected chi connectivity index (χ3v) is 2.36. The van der Waals surface area contributed by atoms with Gasteiger partial charge in [-0.2, -0.15) is 0 Å². The second-order valence-corrected chi connectivity index (χ2v) is 3.71. The minimum Gasteiger partial charge on any atom is -0.503 e. The average molecular weight is 251 g/mol. The van der Waals surface area contributed by atoms with Crippen molar-refractivity contribution in [2.24, 2.45) is 0 Å². The zero-order chi connectivity index (χ0) is 13.0. The van der Waals surface area contributed by atoms with Crippen molar-refractivity contribution in [2.45, 2.75) is 13.1 Å². The highest BCUT2D eigenvalue weighted by atomic mass is 19.1. The molecule has 0 amide bonds. The largest absolute Gasteiger partial charge is 0.503 e. The van der Waals surface area contributed by atoms with E-state index in [2.05, 4.69) is 15.3 Å². The number of hydrogen-bond acceptors (Lipinski definition) is 4. The number of rotatable bonds is 4. The van der Waals surface area contributed by atoms with Gasteiger partial charge in [0.1, 0.15) is 6.33 Å². The quantitative estimate of drug-likeness (QED) is 0.869. The minimum atomic E-state index is -0.964. The third-order valence-electron chi connectivity index (χ3n) is 2.36. The van der Waals surface area contributed by atoms with Gasteiger partial charge < -0.3 is 10.4 Å². The number of aromatic hydroxyl groups is 1. The van der Waals surface area contributed by atoms with Gasteiger partial charge >= 0.3 is 0 Å². The molecule has 0 saturated heterocycles. The molecule has 2 N–H and O–H groups in total. The summed E-state index contributed by atoms with van der Waals surface area (Å²) in [6.07, 6.45) is 3.04. The first-order valence-corrected chi connectivity index (χ1v) is 5.29. The molecule has 0 radical (unpaired) electrons. The van der Waals surface area contributed by atoms with Gasteiger partial charge in [-0.25, -0.2) is 18.7 Å². The van der Waals surface area contributed by atoms with Crippen molar-refractivity contribution in [3.8, 4) is 5.75 Å². The van der Waals surface area contributed by atoms with Crippen molar-refractivity contribution in [3.63, 3.8) is 0 Å². The topological polar surface area (TPSA) is 58.0 Å². The molecule has 6 heteroatoms. The molecule has 0 spiro atoms. The predicted molar refractivity (Wildman–Crippen MR) is 60.6 cm³/mol. The molecule has 0 saturated carbocycles. The SMILES string of the molecule is Oc1c(F)cc(CNCc2ccncn2)cc1F. The molecule has 0 atom stereocenters. The Balaban J connectivity index is 1.95. The molecule has 1 aromatic carbocycles. The molecule has 2 rings (SSSR count). The summed E-state index contributed by atoms with van der Waals surface area (Å²) in [5, 5.41) is 11.9. The first-order valence-electron chi connectivity index (χ1n) is 5.29. The fraction of sp³-hybridized carbons (Fsp3) is 0.167. The van der Waals surface area contributed by atoms with Crippen LogP contribution in [0, 0.1) is 11.6 Å². The zero-order valence-corrected chi connectivity index (χ0v) is 9.40. The summed E-state index contributed by atoms with van der Waals surface area (Å²) >= 11 is 0. The molecule has 0 unspecified atom stereocenters. The van der Waals surface area contributed by atoms with Crippen molar-refractivity contribution >= 4 is 0 Å². The predicted octanol–water partition coefficient (Wildman–Crippen LogP) is 1.75. The highest BCUT2D eigenvalue weighted by Gasteiger charge is 2.09. The first kappa shape index (κ1) is 12.4. The van der Waals surface area contributed by atoms with Gasteiger partial charge in [-0.15, -0.1) is 0 Å². The van der Waals surface area contributed by atoms with E-state index in [1.54, 1.807) is 12.3 Å². The molecule has 94 valence electrons. The van der Waals surface area contributed by atoms with E-state index in [0.29, 0.717) is 12.1 Å². The van der Waals surface area contributed by atoms with E-state index >= 15 is 0 Å². The molecule has 18 heavy (non-hydrogen) atoms. The van der Waals surface area contributed by atoms with Crippen LogP contribution < -0.4 is 5.32 Å². The maximum Gasteiger partial charge on any atom is 0.187 e. The van der Waals surface area contributed by atoms with E-state index in [0.717, 1.165) is 17.8 Å². The Bertz CT molecular complexity index is 511. The summed E-state index contributed by atoms with van der Waals surface area (Å²) in [7, 11) is 0. The van der Waals surface area contributed by atoms with Crippen molar-refractivity contribution in [2.75, 3.05) is 0 Å². The van der Waals surface area contributed by atoms with Gasteiger partial charge in [-0.1, -0.05) is 0 Å². The number of phenolic OH excluding ortho intramolecular Hbond substituents is 1. The molecule has 0 aliphatic heterocycles. The highest BCUT2D eigenvalue weighted by Crippen LogP contribution is 2.21. The summed E-state index contributed by atoms with van der Waals surface area (Å²) in [4.78, 5) is 7.78. The van der Waals surface area contributed by atoms with Gasteiger partial charge in [0.25, 0.3) is 0 Å². The van der Waals surface area contributed by atoms with Crippen molar-refractivity contribution in [1.82, 2.24) is 15.3 Å². The van der Waals surface area contributed by atoms with Gasteiger partial charge in [-0.05, 0) is 23.8 Å². The lowest BCUT2D eigenvalue weighted by Gasteiger charge is -2.06. The zero-order valence-electron chi connectivity index (χ0n) is 9.40. The summed E-state index contributed by atoms with van der Waals surface area (Å²) in [6.45, 7) is 0.741. The van der Waals surface area contributed by atoms with E-state index in [4.69, 9.17) is 5.11 Å². The summed E-state index contributed by atoms with van der Waals surface area (Å²) in [5.41, 5.74) is 1.20. The lowest BCUT2D eigenvalue weighted by atomic mass is 10.2. The van der Waals surface area contributed by atoms with E-state index in [-0.39, 0.29) is 6.54 Å². The van der Waals surface area contributed by atoms with Crippen LogP contribution in [0.25, 0.3) is 0 Å².